The Kier molecular flexibility index (Phi) is 4.96. The summed E-state index contributed by atoms with van der Waals surface area (Å²) in [6.45, 7) is 0. The maximum atomic E-state index is 9.61. The SMILES string of the molecule is N#Cc1ccccc1-c1ccc(C2CC=CC3=C2Oc2ccccc2C32c3ccccc3-c3ccccc32)cc1. The number of nitrogens with zero attached hydrogens (tertiary/aromatic N) is 1. The fraction of sp³-hybridized carbons (Fsp3) is 0.0789. The lowest BCUT2D eigenvalue weighted by molar-refractivity contribution is 0.345. The largest absolute Gasteiger partial charge is 0.460 e. The molecule has 0 bridgehead atoms. The lowest BCUT2D eigenvalue weighted by Gasteiger charge is -2.43. The van der Waals surface area contributed by atoms with Gasteiger partial charge in [0, 0.05) is 17.1 Å². The van der Waals surface area contributed by atoms with Gasteiger partial charge in [0.2, 0.25) is 0 Å². The Balaban J connectivity index is 1.34. The molecule has 8 rings (SSSR count). The fourth-order valence-electron chi connectivity index (χ4n) is 7.09. The van der Waals surface area contributed by atoms with Gasteiger partial charge in [-0.1, -0.05) is 121 Å². The van der Waals surface area contributed by atoms with Crippen LogP contribution in [0.1, 0.15) is 40.2 Å². The number of nitriles is 1. The fourth-order valence-corrected chi connectivity index (χ4v) is 7.09. The molecule has 5 aromatic carbocycles. The number of benzene rings is 5. The van der Waals surface area contributed by atoms with Gasteiger partial charge in [0.1, 0.15) is 11.5 Å². The molecular weight excluding hydrogens is 486 g/mol. The molecule has 0 saturated heterocycles. The van der Waals surface area contributed by atoms with Gasteiger partial charge >= 0.3 is 0 Å². The third-order valence-corrected chi connectivity index (χ3v) is 8.78. The highest BCUT2D eigenvalue weighted by Crippen LogP contribution is 2.62. The highest BCUT2D eigenvalue weighted by molar-refractivity contribution is 5.88. The smallest absolute Gasteiger partial charge is 0.131 e. The third-order valence-electron chi connectivity index (χ3n) is 8.78. The zero-order chi connectivity index (χ0) is 26.7. The Labute approximate surface area is 234 Å². The van der Waals surface area contributed by atoms with Crippen molar-refractivity contribution in [3.8, 4) is 34.1 Å². The van der Waals surface area contributed by atoms with E-state index in [2.05, 4.69) is 115 Å². The van der Waals surface area contributed by atoms with E-state index in [4.69, 9.17) is 4.74 Å². The molecule has 3 aliphatic rings. The van der Waals surface area contributed by atoms with E-state index in [1.54, 1.807) is 0 Å². The van der Waals surface area contributed by atoms with Gasteiger partial charge in [-0.25, -0.2) is 0 Å². The first-order valence-electron chi connectivity index (χ1n) is 13.8. The van der Waals surface area contributed by atoms with E-state index in [0.29, 0.717) is 5.56 Å². The van der Waals surface area contributed by atoms with Crippen LogP contribution in [-0.2, 0) is 5.41 Å². The highest BCUT2D eigenvalue weighted by atomic mass is 16.5. The van der Waals surface area contributed by atoms with Crippen LogP contribution in [0.5, 0.6) is 5.75 Å². The minimum absolute atomic E-state index is 0.0883. The van der Waals surface area contributed by atoms with E-state index in [-0.39, 0.29) is 5.92 Å². The van der Waals surface area contributed by atoms with Gasteiger partial charge in [0.05, 0.1) is 17.0 Å². The van der Waals surface area contributed by atoms with E-state index < -0.39 is 5.41 Å². The second-order valence-corrected chi connectivity index (χ2v) is 10.7. The molecule has 1 spiro atoms. The number of hydrogen-bond acceptors (Lipinski definition) is 2. The molecule has 0 N–H and O–H groups in total. The Morgan fingerprint density at radius 1 is 0.650 bits per heavy atom. The summed E-state index contributed by atoms with van der Waals surface area (Å²) in [5.74, 6) is 2.04. The highest BCUT2D eigenvalue weighted by Gasteiger charge is 2.52. The number of hydrogen-bond donors (Lipinski definition) is 0. The average molecular weight is 512 g/mol. The van der Waals surface area contributed by atoms with E-state index in [0.717, 1.165) is 29.1 Å². The maximum absolute atomic E-state index is 9.61. The van der Waals surface area contributed by atoms with Gasteiger partial charge in [-0.2, -0.15) is 5.26 Å². The first-order valence-corrected chi connectivity index (χ1v) is 13.8. The van der Waals surface area contributed by atoms with Gasteiger partial charge in [-0.15, -0.1) is 0 Å². The second-order valence-electron chi connectivity index (χ2n) is 10.7. The van der Waals surface area contributed by atoms with Crippen molar-refractivity contribution in [1.82, 2.24) is 0 Å². The van der Waals surface area contributed by atoms with Crippen LogP contribution in [0.15, 0.2) is 145 Å². The number of para-hydroxylation sites is 1. The Hall–Kier alpha value is -5.13. The predicted octanol–water partition coefficient (Wildman–Crippen LogP) is 8.93. The molecule has 0 fully saturated rings. The van der Waals surface area contributed by atoms with E-state index in [1.807, 2.05) is 24.3 Å². The summed E-state index contributed by atoms with van der Waals surface area (Å²) in [5.41, 5.74) is 11.1. The predicted molar refractivity (Wildman–Crippen MR) is 159 cm³/mol. The Morgan fingerprint density at radius 2 is 1.25 bits per heavy atom. The van der Waals surface area contributed by atoms with Crippen LogP contribution in [0.25, 0.3) is 22.3 Å². The zero-order valence-corrected chi connectivity index (χ0v) is 21.8. The normalized spacial score (nSPS) is 17.3. The molecule has 1 atom stereocenters. The summed E-state index contributed by atoms with van der Waals surface area (Å²) in [7, 11) is 0. The molecule has 2 heteroatoms. The molecule has 0 amide bonds. The standard InChI is InChI=1S/C38H25NO/c39-24-27-10-1-2-11-28(27)25-20-22-26(23-21-25)29-14-9-18-35-37(29)40-36-19-8-7-17-34(36)38(35)32-15-5-3-12-30(32)31-13-4-6-16-33(31)38/h1-13,15-23,29H,14H2. The first-order chi connectivity index (χ1) is 19.8. The third kappa shape index (κ3) is 3.04. The molecular formula is C38H25NO. The van der Waals surface area contributed by atoms with Crippen molar-refractivity contribution in [2.45, 2.75) is 17.8 Å². The summed E-state index contributed by atoms with van der Waals surface area (Å²) >= 11 is 0. The van der Waals surface area contributed by atoms with Crippen LogP contribution >= 0.6 is 0 Å². The van der Waals surface area contributed by atoms with E-state index >= 15 is 0 Å². The van der Waals surface area contributed by atoms with Crippen molar-refractivity contribution in [1.29, 1.82) is 5.26 Å². The lowest BCUT2D eigenvalue weighted by atomic mass is 9.63. The number of ether oxygens (including phenoxy) is 1. The van der Waals surface area contributed by atoms with Gasteiger partial charge in [0.25, 0.3) is 0 Å². The first kappa shape index (κ1) is 22.8. The van der Waals surface area contributed by atoms with Crippen molar-refractivity contribution in [2.75, 3.05) is 0 Å². The summed E-state index contributed by atoms with van der Waals surface area (Å²) < 4.78 is 6.86. The van der Waals surface area contributed by atoms with E-state index in [9.17, 15) is 5.26 Å². The number of fused-ring (bicyclic) bond motifs is 8. The molecule has 0 aromatic heterocycles. The number of allylic oxidation sites excluding steroid dienone is 4. The second kappa shape index (κ2) is 8.70. The molecule has 188 valence electrons. The summed E-state index contributed by atoms with van der Waals surface area (Å²) in [6.07, 6.45) is 5.48. The van der Waals surface area contributed by atoms with Crippen LogP contribution in [0.3, 0.4) is 0 Å². The van der Waals surface area contributed by atoms with Crippen molar-refractivity contribution in [3.05, 3.63) is 173 Å². The summed E-state index contributed by atoms with van der Waals surface area (Å²) in [4.78, 5) is 0. The lowest BCUT2D eigenvalue weighted by Crippen LogP contribution is -2.36. The molecule has 2 aliphatic carbocycles. The van der Waals surface area contributed by atoms with Crippen LogP contribution in [0, 0.1) is 11.3 Å². The zero-order valence-electron chi connectivity index (χ0n) is 21.8. The van der Waals surface area contributed by atoms with Crippen LogP contribution in [0.4, 0.5) is 0 Å². The molecule has 1 heterocycles. The molecule has 2 nitrogen and oxygen atoms in total. The minimum atomic E-state index is -0.432. The average Bonchev–Trinajstić information content (AvgIpc) is 3.32. The minimum Gasteiger partial charge on any atom is -0.460 e. The molecule has 5 aromatic rings. The molecule has 1 aliphatic heterocycles. The molecule has 0 radical (unpaired) electrons. The quantitative estimate of drug-likeness (QED) is 0.237. The van der Waals surface area contributed by atoms with Gasteiger partial charge in [-0.05, 0) is 57.5 Å². The monoisotopic (exact) mass is 511 g/mol. The van der Waals surface area contributed by atoms with Gasteiger partial charge in [0.15, 0.2) is 0 Å². The molecule has 1 unspecified atom stereocenters. The van der Waals surface area contributed by atoms with Gasteiger partial charge in [-0.3, -0.25) is 0 Å². The van der Waals surface area contributed by atoms with Gasteiger partial charge < -0.3 is 4.74 Å². The van der Waals surface area contributed by atoms with Crippen molar-refractivity contribution in [3.63, 3.8) is 0 Å². The maximum Gasteiger partial charge on any atom is 0.131 e. The topological polar surface area (TPSA) is 33.0 Å². The Morgan fingerprint density at radius 3 is 1.95 bits per heavy atom. The molecule has 40 heavy (non-hydrogen) atoms. The number of rotatable bonds is 2. The van der Waals surface area contributed by atoms with Crippen LogP contribution in [0.2, 0.25) is 0 Å². The van der Waals surface area contributed by atoms with Crippen molar-refractivity contribution >= 4 is 0 Å². The summed E-state index contributed by atoms with van der Waals surface area (Å²) in [5, 5.41) is 9.61. The van der Waals surface area contributed by atoms with Crippen molar-refractivity contribution < 1.29 is 4.74 Å². The Bertz CT molecular complexity index is 1870. The summed E-state index contributed by atoms with van der Waals surface area (Å²) in [6, 6.07) is 45.0. The van der Waals surface area contributed by atoms with Crippen LogP contribution < -0.4 is 4.74 Å². The molecule has 0 saturated carbocycles. The van der Waals surface area contributed by atoms with Crippen LogP contribution in [-0.4, -0.2) is 0 Å². The van der Waals surface area contributed by atoms with E-state index in [1.165, 1.54) is 39.0 Å². The van der Waals surface area contributed by atoms with Crippen molar-refractivity contribution in [2.24, 2.45) is 0 Å².